The fourth-order valence-corrected chi connectivity index (χ4v) is 3.71. The largest absolute Gasteiger partial charge is 0.497 e. The summed E-state index contributed by atoms with van der Waals surface area (Å²) in [5, 5.41) is 10.3. The molecule has 0 unspecified atom stereocenters. The van der Waals surface area contributed by atoms with E-state index in [0.717, 1.165) is 21.9 Å². The normalized spacial score (nSPS) is 10.8. The third-order valence-corrected chi connectivity index (χ3v) is 4.91. The Kier molecular flexibility index (Phi) is 5.42. The topological polar surface area (TPSA) is 75.6 Å². The second kappa shape index (κ2) is 7.91. The average Bonchev–Trinajstić information content (AvgIpc) is 3.25. The molecular formula is C17H16N4O2S2. The van der Waals surface area contributed by atoms with Crippen molar-refractivity contribution in [2.24, 2.45) is 5.10 Å². The van der Waals surface area contributed by atoms with Crippen LogP contribution in [0.1, 0.15) is 12.5 Å². The van der Waals surface area contributed by atoms with Gasteiger partial charge in [-0.2, -0.15) is 5.10 Å². The summed E-state index contributed by atoms with van der Waals surface area (Å²) in [5.41, 5.74) is 4.60. The Morgan fingerprint density at radius 3 is 2.72 bits per heavy atom. The molecular weight excluding hydrogens is 356 g/mol. The molecule has 2 aromatic heterocycles. The highest BCUT2D eigenvalue weighted by atomic mass is 32.1. The lowest BCUT2D eigenvalue weighted by Gasteiger charge is -1.99. The van der Waals surface area contributed by atoms with Crippen LogP contribution in [0.5, 0.6) is 5.75 Å². The van der Waals surface area contributed by atoms with Crippen molar-refractivity contribution in [2.45, 2.75) is 6.92 Å². The summed E-state index contributed by atoms with van der Waals surface area (Å²) in [7, 11) is 1.63. The number of hydrazone groups is 1. The van der Waals surface area contributed by atoms with Crippen LogP contribution < -0.4 is 15.5 Å². The lowest BCUT2D eigenvalue weighted by Crippen LogP contribution is -2.04. The van der Waals surface area contributed by atoms with E-state index >= 15 is 0 Å². The number of nitrogens with one attached hydrogen (secondary N) is 2. The maximum absolute atomic E-state index is 11.4. The van der Waals surface area contributed by atoms with E-state index < -0.39 is 0 Å². The number of carbonyl (C=O) groups excluding carboxylic acids is 1. The summed E-state index contributed by atoms with van der Waals surface area (Å²) in [6, 6.07) is 11.5. The summed E-state index contributed by atoms with van der Waals surface area (Å²) in [6.07, 6.45) is 1.70. The Morgan fingerprint density at radius 2 is 2.08 bits per heavy atom. The molecule has 2 heterocycles. The molecule has 6 nitrogen and oxygen atoms in total. The maximum atomic E-state index is 11.4. The first-order valence-corrected chi connectivity index (χ1v) is 9.11. The highest BCUT2D eigenvalue weighted by Gasteiger charge is 2.14. The number of hydrogen-bond acceptors (Lipinski definition) is 7. The van der Waals surface area contributed by atoms with E-state index in [1.807, 2.05) is 41.8 Å². The third kappa shape index (κ3) is 4.43. The van der Waals surface area contributed by atoms with Crippen molar-refractivity contribution in [1.82, 2.24) is 4.98 Å². The van der Waals surface area contributed by atoms with Gasteiger partial charge in [-0.15, -0.1) is 11.3 Å². The predicted molar refractivity (Wildman–Crippen MR) is 104 cm³/mol. The minimum atomic E-state index is -0.130. The number of amides is 1. The van der Waals surface area contributed by atoms with Crippen LogP contribution in [0.4, 0.5) is 10.1 Å². The van der Waals surface area contributed by atoms with E-state index in [1.54, 1.807) is 24.7 Å². The van der Waals surface area contributed by atoms with E-state index in [1.165, 1.54) is 18.3 Å². The molecule has 8 heteroatoms. The van der Waals surface area contributed by atoms with Gasteiger partial charge in [-0.05, 0) is 41.3 Å². The molecule has 0 atom stereocenters. The van der Waals surface area contributed by atoms with Gasteiger partial charge in [0.15, 0.2) is 0 Å². The molecule has 0 fully saturated rings. The predicted octanol–water partition coefficient (Wildman–Crippen LogP) is 4.28. The van der Waals surface area contributed by atoms with Gasteiger partial charge in [-0.1, -0.05) is 17.4 Å². The van der Waals surface area contributed by atoms with Gasteiger partial charge in [0.05, 0.1) is 18.2 Å². The Morgan fingerprint density at radius 1 is 1.28 bits per heavy atom. The van der Waals surface area contributed by atoms with E-state index in [2.05, 4.69) is 20.8 Å². The first-order chi connectivity index (χ1) is 12.2. The molecule has 0 bridgehead atoms. The number of carbonyl (C=O) groups is 1. The number of methoxy groups -OCH3 is 1. The minimum absolute atomic E-state index is 0.130. The number of nitrogens with zero attached hydrogens (tertiary/aromatic N) is 2. The van der Waals surface area contributed by atoms with E-state index in [0.29, 0.717) is 10.1 Å². The number of aromatic nitrogens is 1. The third-order valence-electron chi connectivity index (χ3n) is 3.16. The van der Waals surface area contributed by atoms with Gasteiger partial charge in [-0.3, -0.25) is 10.2 Å². The van der Waals surface area contributed by atoms with E-state index in [4.69, 9.17) is 4.74 Å². The Bertz CT molecular complexity index is 871. The molecule has 0 aliphatic heterocycles. The summed E-state index contributed by atoms with van der Waals surface area (Å²) in [5.74, 6) is 0.667. The molecule has 128 valence electrons. The van der Waals surface area contributed by atoms with Gasteiger partial charge < -0.3 is 10.1 Å². The molecule has 2 N–H and O–H groups in total. The van der Waals surface area contributed by atoms with Gasteiger partial charge in [0.1, 0.15) is 16.4 Å². The molecule has 25 heavy (non-hydrogen) atoms. The molecule has 1 amide bonds. The van der Waals surface area contributed by atoms with Crippen molar-refractivity contribution < 1.29 is 9.53 Å². The van der Waals surface area contributed by atoms with Crippen molar-refractivity contribution >= 4 is 44.9 Å². The van der Waals surface area contributed by atoms with Crippen LogP contribution in [0, 0.1) is 0 Å². The van der Waals surface area contributed by atoms with Crippen molar-refractivity contribution in [3.05, 3.63) is 47.3 Å². The molecule has 3 aromatic rings. The molecule has 0 saturated carbocycles. The number of benzene rings is 1. The molecule has 0 aliphatic rings. The summed E-state index contributed by atoms with van der Waals surface area (Å²) < 4.78 is 5.12. The lowest BCUT2D eigenvalue weighted by molar-refractivity contribution is -0.114. The number of thiophene rings is 1. The summed E-state index contributed by atoms with van der Waals surface area (Å²) in [4.78, 5) is 16.9. The highest BCUT2D eigenvalue weighted by molar-refractivity contribution is 7.21. The van der Waals surface area contributed by atoms with Gasteiger partial charge in [0, 0.05) is 6.92 Å². The van der Waals surface area contributed by atoms with Crippen LogP contribution in [0.15, 0.2) is 46.9 Å². The molecule has 1 aromatic carbocycles. The van der Waals surface area contributed by atoms with Gasteiger partial charge in [0.25, 0.3) is 0 Å². The lowest BCUT2D eigenvalue weighted by atomic mass is 10.2. The van der Waals surface area contributed by atoms with Crippen molar-refractivity contribution in [2.75, 3.05) is 17.9 Å². The zero-order chi connectivity index (χ0) is 17.6. The van der Waals surface area contributed by atoms with Crippen molar-refractivity contribution in [3.8, 4) is 16.3 Å². The van der Waals surface area contributed by atoms with E-state index in [-0.39, 0.29) is 5.91 Å². The van der Waals surface area contributed by atoms with Crippen LogP contribution in [-0.2, 0) is 4.79 Å². The van der Waals surface area contributed by atoms with Crippen molar-refractivity contribution in [1.29, 1.82) is 0 Å². The van der Waals surface area contributed by atoms with Crippen LogP contribution in [0.25, 0.3) is 10.6 Å². The number of rotatable bonds is 6. The molecule has 0 saturated heterocycles. The zero-order valence-corrected chi connectivity index (χ0v) is 15.3. The molecule has 0 radical (unpaired) electrons. The molecule has 0 aliphatic carbocycles. The second-order valence-electron chi connectivity index (χ2n) is 5.00. The standard InChI is InChI=1S/C17H16N4O2S2/c1-11(22)19-16-15(14-4-3-9-24-14)20-17(25-16)21-18-10-12-5-7-13(23-2)8-6-12/h3-10H,1-2H3,(H,19,22)(H,20,21)/b18-10-. The Hall–Kier alpha value is -2.71. The fourth-order valence-electron chi connectivity index (χ4n) is 2.04. The van der Waals surface area contributed by atoms with Gasteiger partial charge in [-0.25, -0.2) is 4.98 Å². The number of ether oxygens (including phenoxy) is 1. The summed E-state index contributed by atoms with van der Waals surface area (Å²) in [6.45, 7) is 1.48. The number of anilines is 2. The quantitative estimate of drug-likeness (QED) is 0.500. The van der Waals surface area contributed by atoms with Crippen LogP contribution in [-0.4, -0.2) is 24.2 Å². The minimum Gasteiger partial charge on any atom is -0.497 e. The first-order valence-electron chi connectivity index (χ1n) is 7.41. The van der Waals surface area contributed by atoms with Crippen LogP contribution >= 0.6 is 22.7 Å². The monoisotopic (exact) mass is 372 g/mol. The van der Waals surface area contributed by atoms with Crippen molar-refractivity contribution in [3.63, 3.8) is 0 Å². The SMILES string of the molecule is COc1ccc(/C=N\Nc2nc(-c3cccs3)c(NC(C)=O)s2)cc1. The summed E-state index contributed by atoms with van der Waals surface area (Å²) >= 11 is 2.92. The number of thiazole rings is 1. The second-order valence-corrected chi connectivity index (χ2v) is 6.95. The fraction of sp³-hybridized carbons (Fsp3) is 0.118. The van der Waals surface area contributed by atoms with E-state index in [9.17, 15) is 4.79 Å². The highest BCUT2D eigenvalue weighted by Crippen LogP contribution is 2.37. The smallest absolute Gasteiger partial charge is 0.221 e. The first kappa shape index (κ1) is 17.1. The Labute approximate surface area is 153 Å². The molecule has 3 rings (SSSR count). The zero-order valence-electron chi connectivity index (χ0n) is 13.6. The Balaban J connectivity index is 1.75. The number of hydrogen-bond donors (Lipinski definition) is 2. The van der Waals surface area contributed by atoms with Crippen LogP contribution in [0.2, 0.25) is 0 Å². The van der Waals surface area contributed by atoms with Crippen LogP contribution in [0.3, 0.4) is 0 Å². The molecule has 0 spiro atoms. The maximum Gasteiger partial charge on any atom is 0.221 e. The van der Waals surface area contributed by atoms with Gasteiger partial charge in [0.2, 0.25) is 11.0 Å². The van der Waals surface area contributed by atoms with Gasteiger partial charge >= 0.3 is 0 Å². The average molecular weight is 372 g/mol.